The van der Waals surface area contributed by atoms with Crippen LogP contribution in [0.25, 0.3) is 0 Å². The number of carbonyl (C=O) groups excluding carboxylic acids is 1. The molecule has 38 heavy (non-hydrogen) atoms. The van der Waals surface area contributed by atoms with E-state index in [1.165, 1.54) is 12.1 Å². The molecule has 4 aromatic rings. The molecule has 1 heterocycles. The number of hydrogen-bond donors (Lipinski definition) is 0. The highest BCUT2D eigenvalue weighted by molar-refractivity contribution is 6.02. The zero-order valence-electron chi connectivity index (χ0n) is 21.1. The first kappa shape index (κ1) is 24.8. The van der Waals surface area contributed by atoms with Gasteiger partial charge in [-0.1, -0.05) is 72.8 Å². The minimum absolute atomic E-state index is 0.131. The van der Waals surface area contributed by atoms with E-state index >= 15 is 0 Å². The van der Waals surface area contributed by atoms with Crippen molar-refractivity contribution in [1.29, 1.82) is 0 Å². The summed E-state index contributed by atoms with van der Waals surface area (Å²) in [4.78, 5) is 29.1. The summed E-state index contributed by atoms with van der Waals surface area (Å²) in [6.45, 7) is 0.743. The van der Waals surface area contributed by atoms with Gasteiger partial charge in [0.1, 0.15) is 6.17 Å². The van der Waals surface area contributed by atoms with Crippen molar-refractivity contribution in [3.63, 3.8) is 0 Å². The number of nitro groups is 1. The number of amides is 1. The standard InChI is InChI=1S/C30H27N3O5/c1-37-27-15-9-14-24(28(27)38-2)29-31(19-21-10-5-3-6-11-21)26-17-16-23(33(35)36)18-25(26)30(34)32(29)20-22-12-7-4-8-13-22/h3-18,29H,19-20H2,1-2H3/t29-/m1/s1. The van der Waals surface area contributed by atoms with E-state index < -0.39 is 11.1 Å². The maximum Gasteiger partial charge on any atom is 0.270 e. The normalized spacial score (nSPS) is 14.7. The van der Waals surface area contributed by atoms with Crippen LogP contribution in [0.4, 0.5) is 11.4 Å². The number of hydrogen-bond acceptors (Lipinski definition) is 6. The molecule has 192 valence electrons. The van der Waals surface area contributed by atoms with Crippen molar-refractivity contribution < 1.29 is 19.2 Å². The predicted molar refractivity (Wildman–Crippen MR) is 144 cm³/mol. The number of methoxy groups -OCH3 is 2. The Morgan fingerprint density at radius 3 is 2.00 bits per heavy atom. The van der Waals surface area contributed by atoms with Crippen LogP contribution in [0.15, 0.2) is 97.1 Å². The summed E-state index contributed by atoms with van der Waals surface area (Å²) >= 11 is 0. The lowest BCUT2D eigenvalue weighted by atomic mass is 9.98. The van der Waals surface area contributed by atoms with Crippen LogP contribution in [0.5, 0.6) is 11.5 Å². The van der Waals surface area contributed by atoms with Crippen LogP contribution in [0, 0.1) is 10.1 Å². The summed E-state index contributed by atoms with van der Waals surface area (Å²) in [6.07, 6.45) is -0.582. The molecule has 4 aromatic carbocycles. The third kappa shape index (κ3) is 4.64. The molecule has 8 heteroatoms. The number of fused-ring (bicyclic) bond motifs is 1. The van der Waals surface area contributed by atoms with Crippen LogP contribution in [0.1, 0.15) is 33.2 Å². The molecule has 0 radical (unpaired) electrons. The number of nitro benzene ring substituents is 1. The van der Waals surface area contributed by atoms with E-state index in [9.17, 15) is 14.9 Å². The van der Waals surface area contributed by atoms with Crippen molar-refractivity contribution in [2.45, 2.75) is 19.3 Å². The highest BCUT2D eigenvalue weighted by Gasteiger charge is 2.41. The summed E-state index contributed by atoms with van der Waals surface area (Å²) in [5.41, 5.74) is 3.47. The molecule has 1 atom stereocenters. The van der Waals surface area contributed by atoms with Crippen molar-refractivity contribution in [1.82, 2.24) is 4.90 Å². The van der Waals surface area contributed by atoms with E-state index in [1.807, 2.05) is 78.9 Å². The quantitative estimate of drug-likeness (QED) is 0.215. The van der Waals surface area contributed by atoms with Gasteiger partial charge < -0.3 is 19.3 Å². The van der Waals surface area contributed by atoms with Crippen molar-refractivity contribution >= 4 is 17.3 Å². The number of rotatable bonds is 8. The van der Waals surface area contributed by atoms with Gasteiger partial charge in [-0.15, -0.1) is 0 Å². The van der Waals surface area contributed by atoms with Gasteiger partial charge in [0.25, 0.3) is 11.6 Å². The number of anilines is 1. The van der Waals surface area contributed by atoms with E-state index in [1.54, 1.807) is 25.2 Å². The van der Waals surface area contributed by atoms with Gasteiger partial charge in [-0.25, -0.2) is 0 Å². The molecular formula is C30H27N3O5. The highest BCUT2D eigenvalue weighted by atomic mass is 16.6. The first-order valence-corrected chi connectivity index (χ1v) is 12.2. The zero-order valence-corrected chi connectivity index (χ0v) is 21.1. The molecule has 0 unspecified atom stereocenters. The molecule has 1 aliphatic rings. The Hall–Kier alpha value is -4.85. The van der Waals surface area contributed by atoms with Crippen LogP contribution in [-0.2, 0) is 13.1 Å². The van der Waals surface area contributed by atoms with Crippen LogP contribution < -0.4 is 14.4 Å². The molecule has 0 aliphatic carbocycles. The van der Waals surface area contributed by atoms with Gasteiger partial charge in [-0.3, -0.25) is 14.9 Å². The molecule has 0 aromatic heterocycles. The largest absolute Gasteiger partial charge is 0.493 e. The van der Waals surface area contributed by atoms with Crippen LogP contribution >= 0.6 is 0 Å². The van der Waals surface area contributed by atoms with Crippen LogP contribution in [-0.4, -0.2) is 29.9 Å². The summed E-state index contributed by atoms with van der Waals surface area (Å²) in [6, 6.07) is 29.7. The number of ether oxygens (including phenoxy) is 2. The Morgan fingerprint density at radius 2 is 1.42 bits per heavy atom. The third-order valence-corrected chi connectivity index (χ3v) is 6.69. The lowest BCUT2D eigenvalue weighted by molar-refractivity contribution is -0.384. The number of para-hydroxylation sites is 1. The Kier molecular flexibility index (Phi) is 6.95. The van der Waals surface area contributed by atoms with E-state index in [-0.39, 0.29) is 23.7 Å². The molecule has 0 saturated carbocycles. The molecule has 0 N–H and O–H groups in total. The first-order chi connectivity index (χ1) is 18.5. The van der Waals surface area contributed by atoms with Crippen molar-refractivity contribution in [3.05, 3.63) is 129 Å². The van der Waals surface area contributed by atoms with Gasteiger partial charge in [-0.05, 0) is 23.3 Å². The number of benzene rings is 4. The predicted octanol–water partition coefficient (Wildman–Crippen LogP) is 5.97. The van der Waals surface area contributed by atoms with E-state index in [2.05, 4.69) is 4.90 Å². The molecule has 1 amide bonds. The summed E-state index contributed by atoms with van der Waals surface area (Å²) in [5, 5.41) is 11.6. The van der Waals surface area contributed by atoms with E-state index in [0.717, 1.165) is 16.7 Å². The SMILES string of the molecule is COc1cccc([C@H]2N(Cc3ccccc3)C(=O)c3cc([N+](=O)[O-])ccc3N2Cc2ccccc2)c1OC. The topological polar surface area (TPSA) is 85.1 Å². The average molecular weight is 510 g/mol. The maximum atomic E-state index is 14.1. The number of non-ortho nitro benzene ring substituents is 1. The van der Waals surface area contributed by atoms with E-state index in [0.29, 0.717) is 23.7 Å². The molecule has 0 fully saturated rings. The monoisotopic (exact) mass is 509 g/mol. The van der Waals surface area contributed by atoms with Gasteiger partial charge in [0, 0.05) is 30.8 Å². The third-order valence-electron chi connectivity index (χ3n) is 6.69. The molecule has 0 saturated heterocycles. The second kappa shape index (κ2) is 10.6. The van der Waals surface area contributed by atoms with E-state index in [4.69, 9.17) is 9.47 Å². The minimum Gasteiger partial charge on any atom is -0.493 e. The van der Waals surface area contributed by atoms with Crippen molar-refractivity contribution in [2.75, 3.05) is 19.1 Å². The molecule has 0 bridgehead atoms. The first-order valence-electron chi connectivity index (χ1n) is 12.2. The average Bonchev–Trinajstić information content (AvgIpc) is 2.96. The summed E-state index contributed by atoms with van der Waals surface area (Å²) in [7, 11) is 3.15. The summed E-state index contributed by atoms with van der Waals surface area (Å²) in [5.74, 6) is 0.771. The molecule has 1 aliphatic heterocycles. The van der Waals surface area contributed by atoms with Gasteiger partial charge in [0.2, 0.25) is 0 Å². The number of carbonyl (C=O) groups is 1. The molecule has 8 nitrogen and oxygen atoms in total. The second-order valence-electron chi connectivity index (χ2n) is 8.95. The van der Waals surface area contributed by atoms with Crippen molar-refractivity contribution in [2.24, 2.45) is 0 Å². The molecular weight excluding hydrogens is 482 g/mol. The lowest BCUT2D eigenvalue weighted by Gasteiger charge is -2.46. The Labute approximate surface area is 220 Å². The van der Waals surface area contributed by atoms with Crippen LogP contribution in [0.3, 0.4) is 0 Å². The fraction of sp³-hybridized carbons (Fsp3) is 0.167. The Balaban J connectivity index is 1.75. The zero-order chi connectivity index (χ0) is 26.6. The fourth-order valence-electron chi connectivity index (χ4n) is 4.97. The highest BCUT2D eigenvalue weighted by Crippen LogP contribution is 2.46. The Bertz CT molecular complexity index is 1460. The molecule has 0 spiro atoms. The second-order valence-corrected chi connectivity index (χ2v) is 8.95. The molecule has 5 rings (SSSR count). The summed E-state index contributed by atoms with van der Waals surface area (Å²) < 4.78 is 11.4. The van der Waals surface area contributed by atoms with Crippen LogP contribution in [0.2, 0.25) is 0 Å². The van der Waals surface area contributed by atoms with Crippen molar-refractivity contribution in [3.8, 4) is 11.5 Å². The lowest BCUT2D eigenvalue weighted by Crippen LogP contribution is -2.49. The Morgan fingerprint density at radius 1 is 0.789 bits per heavy atom. The fourth-order valence-corrected chi connectivity index (χ4v) is 4.97. The van der Waals surface area contributed by atoms with Gasteiger partial charge in [0.05, 0.1) is 30.4 Å². The van der Waals surface area contributed by atoms with Gasteiger partial charge in [-0.2, -0.15) is 0 Å². The minimum atomic E-state index is -0.582. The maximum absolute atomic E-state index is 14.1. The smallest absolute Gasteiger partial charge is 0.270 e. The van der Waals surface area contributed by atoms with Gasteiger partial charge >= 0.3 is 0 Å². The number of nitrogens with zero attached hydrogens (tertiary/aromatic N) is 3. The van der Waals surface area contributed by atoms with Gasteiger partial charge in [0.15, 0.2) is 11.5 Å².